The van der Waals surface area contributed by atoms with Crippen LogP contribution >= 0.6 is 11.3 Å². The molecule has 2 heterocycles. The normalized spacial score (nSPS) is 16.6. The average molecular weight is 388 g/mol. The summed E-state index contributed by atoms with van der Waals surface area (Å²) in [4.78, 5) is 28.1. The van der Waals surface area contributed by atoms with Crippen molar-refractivity contribution in [1.29, 1.82) is 0 Å². The van der Waals surface area contributed by atoms with Crippen molar-refractivity contribution in [3.05, 3.63) is 34.8 Å². The van der Waals surface area contributed by atoms with E-state index in [1.54, 1.807) is 9.80 Å². The lowest BCUT2D eigenvalue weighted by Gasteiger charge is -2.17. The van der Waals surface area contributed by atoms with Crippen molar-refractivity contribution in [3.63, 3.8) is 0 Å². The minimum atomic E-state index is -0.178. The maximum absolute atomic E-state index is 12.5. The summed E-state index contributed by atoms with van der Waals surface area (Å²) in [6.45, 7) is 7.83. The fraction of sp³-hybridized carbons (Fsp3) is 0.474. The van der Waals surface area contributed by atoms with Crippen molar-refractivity contribution in [3.8, 4) is 0 Å². The number of urea groups is 1. The summed E-state index contributed by atoms with van der Waals surface area (Å²) in [5, 5.41) is 12.3. The molecule has 0 bridgehead atoms. The zero-order valence-electron chi connectivity index (χ0n) is 15.9. The van der Waals surface area contributed by atoms with Gasteiger partial charge in [0.25, 0.3) is 0 Å². The van der Waals surface area contributed by atoms with E-state index >= 15 is 0 Å². The second-order valence-electron chi connectivity index (χ2n) is 6.47. The van der Waals surface area contributed by atoms with Crippen LogP contribution in [-0.2, 0) is 11.2 Å². The van der Waals surface area contributed by atoms with E-state index < -0.39 is 0 Å². The van der Waals surface area contributed by atoms with Crippen molar-refractivity contribution < 1.29 is 9.59 Å². The summed E-state index contributed by atoms with van der Waals surface area (Å²) in [6.07, 6.45) is 1.39. The van der Waals surface area contributed by atoms with Gasteiger partial charge in [0.2, 0.25) is 11.0 Å². The molecular weight excluding hydrogens is 362 g/mol. The molecule has 2 aromatic rings. The van der Waals surface area contributed by atoms with Crippen LogP contribution in [-0.4, -0.2) is 46.7 Å². The summed E-state index contributed by atoms with van der Waals surface area (Å²) in [5.74, 6) is 0.0909. The highest BCUT2D eigenvalue weighted by Gasteiger charge is 2.34. The molecule has 3 rings (SSSR count). The van der Waals surface area contributed by atoms with Gasteiger partial charge in [0.1, 0.15) is 5.01 Å². The van der Waals surface area contributed by atoms with E-state index in [0.717, 1.165) is 17.1 Å². The molecule has 0 saturated carbocycles. The summed E-state index contributed by atoms with van der Waals surface area (Å²) in [5.41, 5.74) is 2.17. The second-order valence-corrected chi connectivity index (χ2v) is 7.48. The fourth-order valence-corrected chi connectivity index (χ4v) is 3.99. The Morgan fingerprint density at radius 2 is 1.93 bits per heavy atom. The molecule has 1 atom stereocenters. The van der Waals surface area contributed by atoms with Crippen molar-refractivity contribution in [2.75, 3.05) is 29.9 Å². The number of carbonyl (C=O) groups excluding carboxylic acids is 2. The fourth-order valence-electron chi connectivity index (χ4n) is 3.17. The lowest BCUT2D eigenvalue weighted by Crippen LogP contribution is -2.34. The molecule has 1 N–H and O–H groups in total. The van der Waals surface area contributed by atoms with Gasteiger partial charge >= 0.3 is 6.03 Å². The van der Waals surface area contributed by atoms with Crippen molar-refractivity contribution in [2.45, 2.75) is 39.5 Å². The maximum atomic E-state index is 12.5. The molecule has 3 amide bonds. The first-order chi connectivity index (χ1) is 13.0. The standard InChI is InChI=1S/C19H25N5O2S/c1-4-13-7-9-15(10-8-13)24-12-14(11-16(24)25)17-21-22-18(27-17)20-19(26)23(5-2)6-3/h7-10,14H,4-6,11-12H2,1-3H3,(H,20,22,26). The molecule has 8 heteroatoms. The molecular formula is C19H25N5O2S. The molecule has 1 aliphatic rings. The second kappa shape index (κ2) is 8.47. The number of hydrogen-bond donors (Lipinski definition) is 1. The largest absolute Gasteiger partial charge is 0.325 e. The van der Waals surface area contributed by atoms with Gasteiger partial charge in [0, 0.05) is 37.7 Å². The van der Waals surface area contributed by atoms with E-state index in [2.05, 4.69) is 34.6 Å². The van der Waals surface area contributed by atoms with Crippen LogP contribution < -0.4 is 10.2 Å². The van der Waals surface area contributed by atoms with E-state index in [1.807, 2.05) is 26.0 Å². The van der Waals surface area contributed by atoms with Gasteiger partial charge in [0.05, 0.1) is 0 Å². The Hall–Kier alpha value is -2.48. The average Bonchev–Trinajstić information content (AvgIpc) is 3.29. The number of aryl methyl sites for hydroxylation is 1. The quantitative estimate of drug-likeness (QED) is 0.823. The predicted octanol–water partition coefficient (Wildman–Crippen LogP) is 3.49. The minimum Gasteiger partial charge on any atom is -0.325 e. The number of benzene rings is 1. The minimum absolute atomic E-state index is 0.0000398. The van der Waals surface area contributed by atoms with Gasteiger partial charge in [-0.05, 0) is 38.0 Å². The first-order valence-electron chi connectivity index (χ1n) is 9.34. The zero-order chi connectivity index (χ0) is 19.4. The van der Waals surface area contributed by atoms with Crippen LogP contribution in [0.2, 0.25) is 0 Å². The lowest BCUT2D eigenvalue weighted by molar-refractivity contribution is -0.117. The van der Waals surface area contributed by atoms with Crippen LogP contribution in [0.15, 0.2) is 24.3 Å². The van der Waals surface area contributed by atoms with Gasteiger partial charge in [-0.3, -0.25) is 10.1 Å². The number of hydrogen-bond acceptors (Lipinski definition) is 5. The molecule has 7 nitrogen and oxygen atoms in total. The van der Waals surface area contributed by atoms with E-state index in [9.17, 15) is 9.59 Å². The maximum Gasteiger partial charge on any atom is 0.323 e. The van der Waals surface area contributed by atoms with Crippen LogP contribution in [0.5, 0.6) is 0 Å². The smallest absolute Gasteiger partial charge is 0.323 e. The Morgan fingerprint density at radius 1 is 1.22 bits per heavy atom. The van der Waals surface area contributed by atoms with E-state index in [0.29, 0.717) is 31.2 Å². The van der Waals surface area contributed by atoms with Crippen molar-refractivity contribution >= 4 is 34.1 Å². The first kappa shape index (κ1) is 19.3. The third kappa shape index (κ3) is 4.27. The van der Waals surface area contributed by atoms with Crippen molar-refractivity contribution in [2.24, 2.45) is 0 Å². The van der Waals surface area contributed by atoms with Gasteiger partial charge in [-0.15, -0.1) is 10.2 Å². The molecule has 0 radical (unpaired) electrons. The lowest BCUT2D eigenvalue weighted by atomic mass is 10.1. The van der Waals surface area contributed by atoms with Crippen LogP contribution in [0, 0.1) is 0 Å². The Bertz CT molecular complexity index is 801. The van der Waals surface area contributed by atoms with Crippen LogP contribution in [0.1, 0.15) is 43.7 Å². The summed E-state index contributed by atoms with van der Waals surface area (Å²) in [6, 6.07) is 7.93. The molecule has 1 saturated heterocycles. The molecule has 1 aliphatic heterocycles. The van der Waals surface area contributed by atoms with Crippen LogP contribution in [0.4, 0.5) is 15.6 Å². The zero-order valence-corrected chi connectivity index (χ0v) is 16.8. The Kier molecular flexibility index (Phi) is 6.05. The number of carbonyl (C=O) groups is 2. The number of anilines is 2. The molecule has 27 heavy (non-hydrogen) atoms. The summed E-state index contributed by atoms with van der Waals surface area (Å²) < 4.78 is 0. The third-order valence-electron chi connectivity index (χ3n) is 4.84. The molecule has 144 valence electrons. The highest BCUT2D eigenvalue weighted by Crippen LogP contribution is 2.34. The SMILES string of the molecule is CCc1ccc(N2CC(c3nnc(NC(=O)N(CC)CC)s3)CC2=O)cc1. The number of aromatic nitrogens is 2. The topological polar surface area (TPSA) is 78.4 Å². The highest BCUT2D eigenvalue weighted by molar-refractivity contribution is 7.15. The van der Waals surface area contributed by atoms with E-state index in [-0.39, 0.29) is 17.9 Å². The van der Waals surface area contributed by atoms with Crippen LogP contribution in [0.3, 0.4) is 0 Å². The summed E-state index contributed by atoms with van der Waals surface area (Å²) in [7, 11) is 0. The van der Waals surface area contributed by atoms with Gasteiger partial charge in [0.15, 0.2) is 0 Å². The monoisotopic (exact) mass is 387 g/mol. The van der Waals surface area contributed by atoms with Crippen LogP contribution in [0.25, 0.3) is 0 Å². The Balaban J connectivity index is 1.66. The number of amides is 3. The number of nitrogens with one attached hydrogen (secondary N) is 1. The number of rotatable bonds is 6. The molecule has 0 aliphatic carbocycles. The summed E-state index contributed by atoms with van der Waals surface area (Å²) >= 11 is 1.34. The van der Waals surface area contributed by atoms with Gasteiger partial charge in [-0.25, -0.2) is 4.79 Å². The number of nitrogens with zero attached hydrogens (tertiary/aromatic N) is 4. The van der Waals surface area contributed by atoms with E-state index in [4.69, 9.17) is 0 Å². The van der Waals surface area contributed by atoms with Gasteiger partial charge < -0.3 is 9.80 Å². The Morgan fingerprint density at radius 3 is 2.56 bits per heavy atom. The highest BCUT2D eigenvalue weighted by atomic mass is 32.1. The first-order valence-corrected chi connectivity index (χ1v) is 10.2. The Labute approximate surface area is 163 Å². The van der Waals surface area contributed by atoms with Gasteiger partial charge in [-0.1, -0.05) is 30.4 Å². The molecule has 1 aromatic heterocycles. The van der Waals surface area contributed by atoms with Crippen molar-refractivity contribution in [1.82, 2.24) is 15.1 Å². The molecule has 1 fully saturated rings. The molecule has 1 unspecified atom stereocenters. The van der Waals surface area contributed by atoms with E-state index in [1.165, 1.54) is 16.9 Å². The van der Waals surface area contributed by atoms with Gasteiger partial charge in [-0.2, -0.15) is 0 Å². The third-order valence-corrected chi connectivity index (χ3v) is 5.84. The molecule has 1 aromatic carbocycles. The predicted molar refractivity (Wildman–Crippen MR) is 107 cm³/mol. The molecule has 0 spiro atoms.